The first-order valence-corrected chi connectivity index (χ1v) is 5.88. The lowest BCUT2D eigenvalue weighted by atomic mass is 9.99. The number of anilines is 1. The first-order chi connectivity index (χ1) is 8.01. The van der Waals surface area contributed by atoms with E-state index in [9.17, 15) is 9.90 Å². The Bertz CT molecular complexity index is 406. The van der Waals surface area contributed by atoms with E-state index in [1.807, 2.05) is 6.92 Å². The van der Waals surface area contributed by atoms with Crippen molar-refractivity contribution in [2.45, 2.75) is 26.8 Å². The average Bonchev–Trinajstić information content (AvgIpc) is 2.29. The molecule has 4 nitrogen and oxygen atoms in total. The fraction of sp³-hybridized carbons (Fsp3) is 0.462. The van der Waals surface area contributed by atoms with E-state index in [-0.39, 0.29) is 18.4 Å². The smallest absolute Gasteiger partial charge is 0.336 e. The lowest BCUT2D eigenvalue weighted by Gasteiger charge is -2.27. The number of aromatic carboxylic acids is 1. The highest BCUT2D eigenvalue weighted by atomic mass is 35.5. The van der Waals surface area contributed by atoms with Crippen molar-refractivity contribution in [2.75, 3.05) is 18.8 Å². The number of rotatable bonds is 5. The maximum atomic E-state index is 11.2. The summed E-state index contributed by atoms with van der Waals surface area (Å²) in [6.45, 7) is 7.89. The van der Waals surface area contributed by atoms with E-state index in [0.717, 1.165) is 18.7 Å². The summed E-state index contributed by atoms with van der Waals surface area (Å²) in [5.41, 5.74) is 7.45. The summed E-state index contributed by atoms with van der Waals surface area (Å²) >= 11 is 0. The molecule has 0 saturated heterocycles. The van der Waals surface area contributed by atoms with Gasteiger partial charge < -0.3 is 10.8 Å². The summed E-state index contributed by atoms with van der Waals surface area (Å²) in [6.07, 6.45) is 0. The van der Waals surface area contributed by atoms with Gasteiger partial charge in [0.05, 0.1) is 5.56 Å². The Kier molecular flexibility index (Phi) is 6.73. The summed E-state index contributed by atoms with van der Waals surface area (Å²) in [5.74, 6) is -0.904. The fourth-order valence-corrected chi connectivity index (χ4v) is 2.09. The molecule has 0 aliphatic carbocycles. The van der Waals surface area contributed by atoms with Crippen LogP contribution in [0.3, 0.4) is 0 Å². The second-order valence-electron chi connectivity index (χ2n) is 4.05. The largest absolute Gasteiger partial charge is 0.478 e. The van der Waals surface area contributed by atoms with Crippen LogP contribution in [0.4, 0.5) is 5.69 Å². The molecule has 0 spiro atoms. The van der Waals surface area contributed by atoms with E-state index in [1.54, 1.807) is 18.2 Å². The summed E-state index contributed by atoms with van der Waals surface area (Å²) in [5, 5.41) is 9.17. The van der Waals surface area contributed by atoms with Crippen molar-refractivity contribution in [3.05, 3.63) is 29.3 Å². The predicted octanol–water partition coefficient (Wildman–Crippen LogP) is 2.79. The molecule has 0 amide bonds. The number of hydrogen-bond donors (Lipinski definition) is 2. The molecule has 1 rings (SSSR count). The van der Waals surface area contributed by atoms with Crippen molar-refractivity contribution in [1.82, 2.24) is 4.90 Å². The summed E-state index contributed by atoms with van der Waals surface area (Å²) in [6, 6.07) is 5.01. The lowest BCUT2D eigenvalue weighted by Crippen LogP contribution is -2.27. The first-order valence-electron chi connectivity index (χ1n) is 5.88. The molecule has 1 aromatic carbocycles. The number of hydrogen-bond acceptors (Lipinski definition) is 3. The molecule has 0 saturated carbocycles. The van der Waals surface area contributed by atoms with Gasteiger partial charge in [-0.15, -0.1) is 12.4 Å². The highest BCUT2D eigenvalue weighted by Crippen LogP contribution is 2.25. The molecule has 0 aliphatic rings. The number of benzene rings is 1. The molecule has 1 atom stereocenters. The van der Waals surface area contributed by atoms with Gasteiger partial charge in [0.25, 0.3) is 0 Å². The van der Waals surface area contributed by atoms with Crippen LogP contribution in [0.5, 0.6) is 0 Å². The molecule has 0 fully saturated rings. The first kappa shape index (κ1) is 16.7. The van der Waals surface area contributed by atoms with Gasteiger partial charge in [-0.25, -0.2) is 4.79 Å². The van der Waals surface area contributed by atoms with Crippen LogP contribution in [-0.2, 0) is 0 Å². The average molecular weight is 273 g/mol. The minimum Gasteiger partial charge on any atom is -0.478 e. The van der Waals surface area contributed by atoms with E-state index in [4.69, 9.17) is 5.73 Å². The van der Waals surface area contributed by atoms with E-state index in [0.29, 0.717) is 11.3 Å². The molecular formula is C13H21ClN2O2. The number of halogens is 1. The Morgan fingerprint density at radius 2 is 1.94 bits per heavy atom. The molecule has 102 valence electrons. The van der Waals surface area contributed by atoms with Gasteiger partial charge in [-0.2, -0.15) is 0 Å². The summed E-state index contributed by atoms with van der Waals surface area (Å²) in [7, 11) is 0. The zero-order valence-electron chi connectivity index (χ0n) is 11.0. The van der Waals surface area contributed by atoms with Crippen LogP contribution in [0.15, 0.2) is 18.2 Å². The van der Waals surface area contributed by atoms with Crippen molar-refractivity contribution in [1.29, 1.82) is 0 Å². The van der Waals surface area contributed by atoms with Crippen molar-refractivity contribution in [2.24, 2.45) is 0 Å². The Morgan fingerprint density at radius 1 is 1.39 bits per heavy atom. The quantitative estimate of drug-likeness (QED) is 0.809. The maximum Gasteiger partial charge on any atom is 0.336 e. The normalized spacial score (nSPS) is 12.0. The SMILES string of the molecule is CCN(CC)C(C)c1cc(N)ccc1C(=O)O.Cl. The topological polar surface area (TPSA) is 66.6 Å². The zero-order valence-corrected chi connectivity index (χ0v) is 11.8. The van der Waals surface area contributed by atoms with Crippen molar-refractivity contribution < 1.29 is 9.90 Å². The molecule has 3 N–H and O–H groups in total. The Labute approximate surface area is 114 Å². The highest BCUT2D eigenvalue weighted by molar-refractivity contribution is 5.90. The second kappa shape index (κ2) is 7.24. The minimum absolute atomic E-state index is 0. The summed E-state index contributed by atoms with van der Waals surface area (Å²) < 4.78 is 0. The summed E-state index contributed by atoms with van der Waals surface area (Å²) in [4.78, 5) is 13.4. The third-order valence-electron chi connectivity index (χ3n) is 3.12. The number of carboxylic acid groups (broad SMARTS) is 1. The van der Waals surface area contributed by atoms with Gasteiger partial charge in [0.1, 0.15) is 0 Å². The molecule has 0 bridgehead atoms. The van der Waals surface area contributed by atoms with Gasteiger partial charge in [-0.1, -0.05) is 13.8 Å². The van der Waals surface area contributed by atoms with Crippen LogP contribution in [0.2, 0.25) is 0 Å². The molecule has 0 aliphatic heterocycles. The van der Waals surface area contributed by atoms with Crippen molar-refractivity contribution in [3.8, 4) is 0 Å². The third-order valence-corrected chi connectivity index (χ3v) is 3.12. The monoisotopic (exact) mass is 272 g/mol. The number of nitrogens with two attached hydrogens (primary N) is 1. The molecule has 1 aromatic rings. The van der Waals surface area contributed by atoms with Crippen LogP contribution >= 0.6 is 12.4 Å². The fourth-order valence-electron chi connectivity index (χ4n) is 2.09. The Hall–Kier alpha value is -1.26. The maximum absolute atomic E-state index is 11.2. The zero-order chi connectivity index (χ0) is 13.0. The number of nitrogen functional groups attached to an aromatic ring is 1. The van der Waals surface area contributed by atoms with E-state index in [2.05, 4.69) is 18.7 Å². The van der Waals surface area contributed by atoms with Crippen LogP contribution in [0.25, 0.3) is 0 Å². The van der Waals surface area contributed by atoms with Gasteiger partial charge in [0.2, 0.25) is 0 Å². The van der Waals surface area contributed by atoms with Gasteiger partial charge in [-0.3, -0.25) is 4.90 Å². The number of nitrogens with zero attached hydrogens (tertiary/aromatic N) is 1. The van der Waals surface area contributed by atoms with Crippen LogP contribution in [-0.4, -0.2) is 29.1 Å². The highest BCUT2D eigenvalue weighted by Gasteiger charge is 2.19. The molecule has 1 unspecified atom stereocenters. The van der Waals surface area contributed by atoms with Gasteiger partial charge in [0.15, 0.2) is 0 Å². The lowest BCUT2D eigenvalue weighted by molar-refractivity contribution is 0.0693. The van der Waals surface area contributed by atoms with Gasteiger partial charge in [-0.05, 0) is 43.8 Å². The van der Waals surface area contributed by atoms with Gasteiger partial charge >= 0.3 is 5.97 Å². The molecule has 0 radical (unpaired) electrons. The van der Waals surface area contributed by atoms with E-state index in [1.165, 1.54) is 0 Å². The predicted molar refractivity (Wildman–Crippen MR) is 76.4 cm³/mol. The Balaban J connectivity index is 0.00000289. The van der Waals surface area contributed by atoms with E-state index >= 15 is 0 Å². The minimum atomic E-state index is -0.904. The van der Waals surface area contributed by atoms with Crippen molar-refractivity contribution in [3.63, 3.8) is 0 Å². The molecule has 18 heavy (non-hydrogen) atoms. The van der Waals surface area contributed by atoms with Crippen LogP contribution < -0.4 is 5.73 Å². The second-order valence-corrected chi connectivity index (χ2v) is 4.05. The van der Waals surface area contributed by atoms with E-state index < -0.39 is 5.97 Å². The molecular weight excluding hydrogens is 252 g/mol. The third kappa shape index (κ3) is 3.62. The van der Waals surface area contributed by atoms with Crippen LogP contribution in [0, 0.1) is 0 Å². The van der Waals surface area contributed by atoms with Crippen LogP contribution in [0.1, 0.15) is 42.7 Å². The van der Waals surface area contributed by atoms with Crippen molar-refractivity contribution >= 4 is 24.1 Å². The molecule has 0 heterocycles. The number of carbonyl (C=O) groups is 1. The molecule has 0 aromatic heterocycles. The Morgan fingerprint density at radius 3 is 2.39 bits per heavy atom. The number of carboxylic acids is 1. The molecule has 5 heteroatoms. The van der Waals surface area contributed by atoms with Gasteiger partial charge in [0, 0.05) is 11.7 Å². The standard InChI is InChI=1S/C13H20N2O2.ClH/c1-4-15(5-2)9(3)12-8-10(14)6-7-11(12)13(16)17;/h6-9H,4-5,14H2,1-3H3,(H,16,17);1H.